The number of rotatable bonds is 4. The number of ketones is 1. The number of carbonyl (C=O) groups excluding carboxylic acids is 1. The van der Waals surface area contributed by atoms with Crippen molar-refractivity contribution in [3.05, 3.63) is 47.5 Å². The fraction of sp³-hybridized carbons (Fsp3) is 0.250. The first kappa shape index (κ1) is 16.4. The summed E-state index contributed by atoms with van der Waals surface area (Å²) in [6, 6.07) is 11.5. The van der Waals surface area contributed by atoms with Crippen molar-refractivity contribution in [1.82, 2.24) is 15.0 Å². The summed E-state index contributed by atoms with van der Waals surface area (Å²) in [5.74, 6) is 1.35. The Kier molecular flexibility index (Phi) is 4.10. The van der Waals surface area contributed by atoms with Crippen molar-refractivity contribution in [2.24, 2.45) is 5.92 Å². The van der Waals surface area contributed by atoms with Crippen LogP contribution in [0.25, 0.3) is 33.3 Å². The standard InChI is InChI=1S/C20H17N3O3S/c24-17(12-7-10-25-11-8-12)18-16(15-6-3-9-26-15)23-20(27-18)19-21-13-4-1-2-5-14(13)22-19/h1-6,9,12H,7-8,10-11H2,(H,21,22). The van der Waals surface area contributed by atoms with Gasteiger partial charge in [0.1, 0.15) is 10.6 Å². The molecule has 1 aliphatic heterocycles. The van der Waals surface area contributed by atoms with Gasteiger partial charge in [-0.15, -0.1) is 11.3 Å². The fourth-order valence-electron chi connectivity index (χ4n) is 3.37. The minimum atomic E-state index is -0.0311. The molecule has 3 aromatic heterocycles. The number of nitrogens with zero attached hydrogens (tertiary/aromatic N) is 2. The summed E-state index contributed by atoms with van der Waals surface area (Å²) in [5, 5.41) is 0.688. The molecule has 1 N–H and O–H groups in total. The molecule has 0 radical (unpaired) electrons. The molecule has 0 atom stereocenters. The molecule has 4 aromatic rings. The zero-order valence-electron chi connectivity index (χ0n) is 14.5. The Hall–Kier alpha value is -2.77. The molecule has 5 rings (SSSR count). The molecule has 4 heterocycles. The fourth-order valence-corrected chi connectivity index (χ4v) is 4.40. The third-order valence-electron chi connectivity index (χ3n) is 4.79. The summed E-state index contributed by atoms with van der Waals surface area (Å²) in [6.07, 6.45) is 3.08. The van der Waals surface area contributed by atoms with E-state index in [0.717, 1.165) is 23.9 Å². The van der Waals surface area contributed by atoms with Gasteiger partial charge >= 0.3 is 0 Å². The van der Waals surface area contributed by atoms with Crippen LogP contribution in [0.15, 0.2) is 47.1 Å². The summed E-state index contributed by atoms with van der Waals surface area (Å²) < 4.78 is 10.9. The maximum Gasteiger partial charge on any atom is 0.178 e. The largest absolute Gasteiger partial charge is 0.463 e. The van der Waals surface area contributed by atoms with E-state index in [9.17, 15) is 4.79 Å². The molecule has 6 nitrogen and oxygen atoms in total. The Morgan fingerprint density at radius 1 is 1.11 bits per heavy atom. The summed E-state index contributed by atoms with van der Waals surface area (Å²) >= 11 is 1.37. The summed E-state index contributed by atoms with van der Waals surface area (Å²) in [4.78, 5) is 26.4. The molecule has 0 unspecified atom stereocenters. The number of imidazole rings is 1. The molecule has 7 heteroatoms. The number of hydrogen-bond donors (Lipinski definition) is 1. The van der Waals surface area contributed by atoms with Gasteiger partial charge in [0, 0.05) is 19.1 Å². The normalized spacial score (nSPS) is 15.4. The van der Waals surface area contributed by atoms with E-state index in [1.165, 1.54) is 11.3 Å². The van der Waals surface area contributed by atoms with Crippen LogP contribution in [0.3, 0.4) is 0 Å². The monoisotopic (exact) mass is 379 g/mol. The van der Waals surface area contributed by atoms with Gasteiger partial charge in [-0.25, -0.2) is 9.97 Å². The zero-order chi connectivity index (χ0) is 18.2. The van der Waals surface area contributed by atoms with E-state index in [-0.39, 0.29) is 11.7 Å². The predicted molar refractivity (Wildman–Crippen MR) is 103 cm³/mol. The zero-order valence-corrected chi connectivity index (χ0v) is 15.3. The van der Waals surface area contributed by atoms with Crippen molar-refractivity contribution in [2.45, 2.75) is 12.8 Å². The molecule has 0 bridgehead atoms. The van der Waals surface area contributed by atoms with Gasteiger partial charge in [0.2, 0.25) is 0 Å². The Morgan fingerprint density at radius 3 is 2.74 bits per heavy atom. The van der Waals surface area contributed by atoms with Crippen molar-refractivity contribution < 1.29 is 13.9 Å². The quantitative estimate of drug-likeness (QED) is 0.526. The lowest BCUT2D eigenvalue weighted by Gasteiger charge is -2.20. The van der Waals surface area contributed by atoms with Crippen molar-refractivity contribution in [1.29, 1.82) is 0 Å². The number of Topliss-reactive ketones (excluding diaryl/α,β-unsaturated/α-hetero) is 1. The molecule has 1 aromatic carbocycles. The molecule has 1 saturated heterocycles. The minimum absolute atomic E-state index is 0.0311. The van der Waals surface area contributed by atoms with Crippen LogP contribution >= 0.6 is 11.3 Å². The van der Waals surface area contributed by atoms with Gasteiger partial charge in [-0.3, -0.25) is 4.79 Å². The molecule has 0 amide bonds. The van der Waals surface area contributed by atoms with Gasteiger partial charge in [-0.2, -0.15) is 0 Å². The van der Waals surface area contributed by atoms with Gasteiger partial charge in [-0.1, -0.05) is 12.1 Å². The Bertz CT molecular complexity index is 1060. The molecule has 136 valence electrons. The number of H-pyrrole nitrogens is 1. The molecular weight excluding hydrogens is 362 g/mol. The van der Waals surface area contributed by atoms with Crippen LogP contribution in [-0.2, 0) is 4.74 Å². The average molecular weight is 379 g/mol. The number of aromatic nitrogens is 3. The molecule has 0 aliphatic carbocycles. The van der Waals surface area contributed by atoms with E-state index in [0.29, 0.717) is 40.4 Å². The smallest absolute Gasteiger partial charge is 0.178 e. The highest BCUT2D eigenvalue weighted by molar-refractivity contribution is 7.17. The summed E-state index contributed by atoms with van der Waals surface area (Å²) in [6.45, 7) is 1.25. The summed E-state index contributed by atoms with van der Waals surface area (Å²) in [5.41, 5.74) is 2.41. The number of furan rings is 1. The van der Waals surface area contributed by atoms with Gasteiger partial charge < -0.3 is 14.1 Å². The molecular formula is C20H17N3O3S. The van der Waals surface area contributed by atoms with Crippen LogP contribution in [0.1, 0.15) is 22.5 Å². The van der Waals surface area contributed by atoms with Crippen LogP contribution in [0, 0.1) is 5.92 Å². The highest BCUT2D eigenvalue weighted by Crippen LogP contribution is 2.36. The van der Waals surface area contributed by atoms with E-state index < -0.39 is 0 Å². The SMILES string of the molecule is O=C(c1sc(-c2nc3ccccc3[nH]2)nc1-c1ccco1)C1CCOCC1. The number of carbonyl (C=O) groups is 1. The van der Waals surface area contributed by atoms with Crippen molar-refractivity contribution in [2.75, 3.05) is 13.2 Å². The van der Waals surface area contributed by atoms with Crippen LogP contribution in [-0.4, -0.2) is 33.9 Å². The van der Waals surface area contributed by atoms with E-state index in [1.54, 1.807) is 12.3 Å². The number of para-hydroxylation sites is 2. The lowest BCUT2D eigenvalue weighted by molar-refractivity contribution is 0.0547. The number of benzene rings is 1. The van der Waals surface area contributed by atoms with E-state index in [2.05, 4.69) is 9.97 Å². The second-order valence-corrected chi connectivity index (χ2v) is 7.53. The Morgan fingerprint density at radius 2 is 1.96 bits per heavy atom. The average Bonchev–Trinajstić information content (AvgIpc) is 3.46. The first-order chi connectivity index (χ1) is 13.3. The number of thiazole rings is 1. The van der Waals surface area contributed by atoms with Crippen molar-refractivity contribution in [3.8, 4) is 22.3 Å². The van der Waals surface area contributed by atoms with Crippen LogP contribution in [0.2, 0.25) is 0 Å². The first-order valence-corrected chi connectivity index (χ1v) is 9.73. The number of aromatic amines is 1. The minimum Gasteiger partial charge on any atom is -0.463 e. The topological polar surface area (TPSA) is 81.0 Å². The second kappa shape index (κ2) is 6.75. The Labute approximate surface area is 159 Å². The molecule has 0 saturated carbocycles. The maximum atomic E-state index is 13.2. The van der Waals surface area contributed by atoms with E-state index >= 15 is 0 Å². The molecule has 1 fully saturated rings. The van der Waals surface area contributed by atoms with Crippen molar-refractivity contribution in [3.63, 3.8) is 0 Å². The van der Waals surface area contributed by atoms with Gasteiger partial charge in [0.15, 0.2) is 22.4 Å². The van der Waals surface area contributed by atoms with E-state index in [4.69, 9.17) is 14.1 Å². The first-order valence-electron chi connectivity index (χ1n) is 8.91. The third-order valence-corrected chi connectivity index (χ3v) is 5.87. The predicted octanol–water partition coefficient (Wildman–Crippen LogP) is 4.56. The van der Waals surface area contributed by atoms with Crippen LogP contribution < -0.4 is 0 Å². The maximum absolute atomic E-state index is 13.2. The second-order valence-electron chi connectivity index (χ2n) is 6.53. The molecule has 1 aliphatic rings. The number of hydrogen-bond acceptors (Lipinski definition) is 6. The highest BCUT2D eigenvalue weighted by Gasteiger charge is 2.29. The number of ether oxygens (including phenoxy) is 1. The lowest BCUT2D eigenvalue weighted by Crippen LogP contribution is -2.23. The van der Waals surface area contributed by atoms with Crippen LogP contribution in [0.4, 0.5) is 0 Å². The van der Waals surface area contributed by atoms with Crippen LogP contribution in [0.5, 0.6) is 0 Å². The highest BCUT2D eigenvalue weighted by atomic mass is 32.1. The lowest BCUT2D eigenvalue weighted by atomic mass is 9.94. The molecule has 0 spiro atoms. The van der Waals surface area contributed by atoms with Gasteiger partial charge in [0.05, 0.1) is 17.3 Å². The Balaban J connectivity index is 1.60. The van der Waals surface area contributed by atoms with Crippen molar-refractivity contribution >= 4 is 28.2 Å². The van der Waals surface area contributed by atoms with Gasteiger partial charge in [-0.05, 0) is 37.1 Å². The molecule has 27 heavy (non-hydrogen) atoms. The van der Waals surface area contributed by atoms with Gasteiger partial charge in [0.25, 0.3) is 0 Å². The third kappa shape index (κ3) is 2.98. The van der Waals surface area contributed by atoms with E-state index in [1.807, 2.05) is 30.3 Å². The summed E-state index contributed by atoms with van der Waals surface area (Å²) in [7, 11) is 0. The number of fused-ring (bicyclic) bond motifs is 1. The number of nitrogens with one attached hydrogen (secondary N) is 1.